The van der Waals surface area contributed by atoms with Crippen LogP contribution in [0.4, 0.5) is 0 Å². The number of benzene rings is 1. The predicted octanol–water partition coefficient (Wildman–Crippen LogP) is 1.44. The summed E-state index contributed by atoms with van der Waals surface area (Å²) in [5.41, 5.74) is 8.53. The molecule has 18 heavy (non-hydrogen) atoms. The van der Waals surface area contributed by atoms with Crippen LogP contribution in [-0.4, -0.2) is 34.9 Å². The van der Waals surface area contributed by atoms with Gasteiger partial charge >= 0.3 is 0 Å². The Labute approximate surface area is 106 Å². The monoisotopic (exact) mass is 243 g/mol. The second-order valence-electron chi connectivity index (χ2n) is 4.98. The number of nitrogens with zero attached hydrogens (tertiary/aromatic N) is 1. The van der Waals surface area contributed by atoms with Crippen LogP contribution in [0.1, 0.15) is 18.4 Å². The average Bonchev–Trinajstić information content (AvgIpc) is 2.92. The van der Waals surface area contributed by atoms with Gasteiger partial charge in [0.05, 0.1) is 0 Å². The number of fused-ring (bicyclic) bond motifs is 1. The molecule has 94 valence electrons. The largest absolute Gasteiger partial charge is 0.361 e. The topological polar surface area (TPSA) is 62.1 Å². The fourth-order valence-electron chi connectivity index (χ4n) is 2.82. The van der Waals surface area contributed by atoms with Crippen molar-refractivity contribution in [3.8, 4) is 0 Å². The molecule has 4 nitrogen and oxygen atoms in total. The SMILES string of the molecule is CC(=O)N1CC(N)C(c2c[nH]c3ccccc23)C1. The van der Waals surface area contributed by atoms with E-state index in [4.69, 9.17) is 5.73 Å². The van der Waals surface area contributed by atoms with Crippen LogP contribution in [0.15, 0.2) is 30.5 Å². The molecule has 3 N–H and O–H groups in total. The highest BCUT2D eigenvalue weighted by atomic mass is 16.2. The number of aromatic amines is 1. The van der Waals surface area contributed by atoms with Crippen LogP contribution < -0.4 is 5.73 Å². The Bertz CT molecular complexity index is 589. The molecule has 1 aliphatic heterocycles. The number of carbonyl (C=O) groups is 1. The maximum Gasteiger partial charge on any atom is 0.219 e. The number of para-hydroxylation sites is 1. The number of nitrogens with one attached hydrogen (secondary N) is 1. The zero-order valence-electron chi connectivity index (χ0n) is 10.4. The molecule has 2 unspecified atom stereocenters. The maximum absolute atomic E-state index is 11.4. The Hall–Kier alpha value is -1.81. The van der Waals surface area contributed by atoms with Gasteiger partial charge in [0.25, 0.3) is 0 Å². The maximum atomic E-state index is 11.4. The van der Waals surface area contributed by atoms with Crippen molar-refractivity contribution in [2.24, 2.45) is 5.73 Å². The molecular weight excluding hydrogens is 226 g/mol. The lowest BCUT2D eigenvalue weighted by atomic mass is 9.94. The molecule has 1 saturated heterocycles. The van der Waals surface area contributed by atoms with Crippen LogP contribution in [0.5, 0.6) is 0 Å². The van der Waals surface area contributed by atoms with Crippen molar-refractivity contribution in [3.05, 3.63) is 36.0 Å². The van der Waals surface area contributed by atoms with Gasteiger partial charge in [-0.3, -0.25) is 4.79 Å². The second kappa shape index (κ2) is 4.14. The third-order valence-electron chi connectivity index (χ3n) is 3.83. The van der Waals surface area contributed by atoms with Crippen molar-refractivity contribution >= 4 is 16.8 Å². The normalized spacial score (nSPS) is 23.8. The first-order valence-corrected chi connectivity index (χ1v) is 6.24. The van der Waals surface area contributed by atoms with E-state index in [0.717, 1.165) is 12.1 Å². The van der Waals surface area contributed by atoms with Gasteiger partial charge < -0.3 is 15.6 Å². The van der Waals surface area contributed by atoms with Crippen LogP contribution >= 0.6 is 0 Å². The van der Waals surface area contributed by atoms with E-state index in [1.54, 1.807) is 6.92 Å². The summed E-state index contributed by atoms with van der Waals surface area (Å²) in [7, 11) is 0. The van der Waals surface area contributed by atoms with Crippen molar-refractivity contribution in [2.75, 3.05) is 13.1 Å². The number of hydrogen-bond acceptors (Lipinski definition) is 2. The molecule has 0 radical (unpaired) electrons. The number of nitrogens with two attached hydrogens (primary N) is 1. The molecule has 1 aliphatic rings. The van der Waals surface area contributed by atoms with Gasteiger partial charge in [0.15, 0.2) is 0 Å². The van der Waals surface area contributed by atoms with Gasteiger partial charge in [0.1, 0.15) is 0 Å². The third kappa shape index (κ3) is 1.69. The summed E-state index contributed by atoms with van der Waals surface area (Å²) in [4.78, 5) is 16.5. The second-order valence-corrected chi connectivity index (χ2v) is 4.98. The third-order valence-corrected chi connectivity index (χ3v) is 3.83. The first-order valence-electron chi connectivity index (χ1n) is 6.24. The predicted molar refractivity (Wildman–Crippen MR) is 71.3 cm³/mol. The molecule has 0 aliphatic carbocycles. The van der Waals surface area contributed by atoms with Crippen molar-refractivity contribution < 1.29 is 4.79 Å². The summed E-state index contributed by atoms with van der Waals surface area (Å²) >= 11 is 0. The number of hydrogen-bond donors (Lipinski definition) is 2. The lowest BCUT2D eigenvalue weighted by Gasteiger charge is -2.13. The summed E-state index contributed by atoms with van der Waals surface area (Å²) < 4.78 is 0. The molecule has 2 heterocycles. The van der Waals surface area contributed by atoms with Crippen molar-refractivity contribution in [1.82, 2.24) is 9.88 Å². The zero-order chi connectivity index (χ0) is 12.7. The number of aromatic nitrogens is 1. The van der Waals surface area contributed by atoms with E-state index in [1.807, 2.05) is 23.2 Å². The highest BCUT2D eigenvalue weighted by Gasteiger charge is 2.33. The highest BCUT2D eigenvalue weighted by molar-refractivity contribution is 5.84. The molecule has 0 bridgehead atoms. The van der Waals surface area contributed by atoms with Crippen molar-refractivity contribution in [1.29, 1.82) is 0 Å². The molecule has 1 amide bonds. The molecule has 1 aromatic carbocycles. The Morgan fingerprint density at radius 2 is 2.17 bits per heavy atom. The Kier molecular flexibility index (Phi) is 2.59. The van der Waals surface area contributed by atoms with E-state index in [0.29, 0.717) is 6.54 Å². The Morgan fingerprint density at radius 3 is 2.89 bits per heavy atom. The van der Waals surface area contributed by atoms with Crippen molar-refractivity contribution in [2.45, 2.75) is 18.9 Å². The fraction of sp³-hybridized carbons (Fsp3) is 0.357. The first kappa shape index (κ1) is 11.3. The molecule has 0 saturated carbocycles. The number of rotatable bonds is 1. The van der Waals surface area contributed by atoms with Gasteiger partial charge in [0.2, 0.25) is 5.91 Å². The number of likely N-dealkylation sites (tertiary alicyclic amines) is 1. The summed E-state index contributed by atoms with van der Waals surface area (Å²) in [6.07, 6.45) is 2.03. The Balaban J connectivity index is 1.98. The van der Waals surface area contributed by atoms with Gasteiger partial charge in [-0.15, -0.1) is 0 Å². The summed E-state index contributed by atoms with van der Waals surface area (Å²) in [6, 6.07) is 8.22. The number of carbonyl (C=O) groups excluding carboxylic acids is 1. The number of amides is 1. The lowest BCUT2D eigenvalue weighted by Crippen LogP contribution is -2.30. The molecule has 2 aromatic rings. The minimum absolute atomic E-state index is 0.0214. The quantitative estimate of drug-likeness (QED) is 0.796. The van der Waals surface area contributed by atoms with Crippen LogP contribution in [0.2, 0.25) is 0 Å². The minimum atomic E-state index is 0.0214. The summed E-state index contributed by atoms with van der Waals surface area (Å²) in [6.45, 7) is 2.97. The van der Waals surface area contributed by atoms with Gasteiger partial charge in [0, 0.05) is 49.1 Å². The lowest BCUT2D eigenvalue weighted by molar-refractivity contribution is -0.127. The standard InChI is InChI=1S/C14H17N3O/c1-9(18)17-7-12(13(15)8-17)11-6-16-14-5-3-2-4-10(11)14/h2-6,12-13,16H,7-8,15H2,1H3. The first-order chi connectivity index (χ1) is 8.66. The molecule has 2 atom stereocenters. The fourth-order valence-corrected chi connectivity index (χ4v) is 2.82. The van der Waals surface area contributed by atoms with E-state index in [-0.39, 0.29) is 17.9 Å². The van der Waals surface area contributed by atoms with E-state index in [9.17, 15) is 4.79 Å². The molecule has 3 rings (SSSR count). The van der Waals surface area contributed by atoms with Gasteiger partial charge in [-0.2, -0.15) is 0 Å². The molecule has 0 spiro atoms. The van der Waals surface area contributed by atoms with E-state index >= 15 is 0 Å². The van der Waals surface area contributed by atoms with Gasteiger partial charge in [-0.25, -0.2) is 0 Å². The average molecular weight is 243 g/mol. The van der Waals surface area contributed by atoms with E-state index < -0.39 is 0 Å². The summed E-state index contributed by atoms with van der Waals surface area (Å²) in [5, 5.41) is 1.21. The molecule has 1 aromatic heterocycles. The van der Waals surface area contributed by atoms with Gasteiger partial charge in [-0.1, -0.05) is 18.2 Å². The van der Waals surface area contributed by atoms with Crippen molar-refractivity contribution in [3.63, 3.8) is 0 Å². The molecule has 4 heteroatoms. The minimum Gasteiger partial charge on any atom is -0.361 e. The van der Waals surface area contributed by atoms with Crippen LogP contribution in [-0.2, 0) is 4.79 Å². The summed E-state index contributed by atoms with van der Waals surface area (Å²) in [5.74, 6) is 0.331. The zero-order valence-corrected chi connectivity index (χ0v) is 10.4. The van der Waals surface area contributed by atoms with Crippen LogP contribution in [0.3, 0.4) is 0 Å². The van der Waals surface area contributed by atoms with Gasteiger partial charge in [-0.05, 0) is 11.6 Å². The molecule has 1 fully saturated rings. The highest BCUT2D eigenvalue weighted by Crippen LogP contribution is 2.31. The van der Waals surface area contributed by atoms with E-state index in [2.05, 4.69) is 17.1 Å². The number of H-pyrrole nitrogens is 1. The van der Waals surface area contributed by atoms with E-state index in [1.165, 1.54) is 10.9 Å². The Morgan fingerprint density at radius 1 is 1.39 bits per heavy atom. The molecular formula is C14H17N3O. The van der Waals surface area contributed by atoms with Crippen LogP contribution in [0, 0.1) is 0 Å². The van der Waals surface area contributed by atoms with Crippen LogP contribution in [0.25, 0.3) is 10.9 Å². The smallest absolute Gasteiger partial charge is 0.219 e.